The molecule has 2 aromatic heterocycles. The maximum atomic E-state index is 6.48. The third-order valence-electron chi connectivity index (χ3n) is 6.29. The van der Waals surface area contributed by atoms with Crippen molar-refractivity contribution in [1.82, 2.24) is 24.2 Å². The van der Waals surface area contributed by atoms with Gasteiger partial charge in [0.1, 0.15) is 0 Å². The van der Waals surface area contributed by atoms with Crippen LogP contribution in [0.15, 0.2) is 18.3 Å². The molecule has 2 N–H and O–H groups in total. The van der Waals surface area contributed by atoms with Crippen LogP contribution in [-0.2, 0) is 11.3 Å². The lowest BCUT2D eigenvalue weighted by molar-refractivity contribution is 0.101. The smallest absolute Gasteiger partial charge is 0.201 e. The number of hydrogen-bond acceptors (Lipinski definition) is 5. The van der Waals surface area contributed by atoms with Gasteiger partial charge in [0.2, 0.25) is 5.95 Å². The van der Waals surface area contributed by atoms with Crippen LogP contribution < -0.4 is 5.73 Å². The van der Waals surface area contributed by atoms with Crippen molar-refractivity contribution in [2.75, 3.05) is 25.9 Å². The molecule has 158 valence electrons. The van der Waals surface area contributed by atoms with Gasteiger partial charge in [-0.1, -0.05) is 6.42 Å². The zero-order valence-electron chi connectivity index (χ0n) is 18.4. The van der Waals surface area contributed by atoms with Crippen LogP contribution in [-0.4, -0.2) is 56.1 Å². The molecule has 3 heterocycles. The normalized spacial score (nSPS) is 20.4. The van der Waals surface area contributed by atoms with Crippen LogP contribution in [0.5, 0.6) is 0 Å². The van der Waals surface area contributed by atoms with Crippen LogP contribution in [0.4, 0.5) is 5.95 Å². The molecule has 0 aliphatic carbocycles. The number of likely N-dealkylation sites (tertiary alicyclic amines) is 1. The summed E-state index contributed by atoms with van der Waals surface area (Å²) in [4.78, 5) is 7.29. The number of nitrogens with two attached hydrogens (primary N) is 1. The number of nitrogen functional groups attached to an aromatic ring is 1. The zero-order chi connectivity index (χ0) is 20.8. The highest BCUT2D eigenvalue weighted by Crippen LogP contribution is 2.34. The van der Waals surface area contributed by atoms with E-state index in [-0.39, 0.29) is 11.6 Å². The van der Waals surface area contributed by atoms with Gasteiger partial charge in [0.15, 0.2) is 0 Å². The minimum Gasteiger partial charge on any atom is -0.380 e. The zero-order valence-corrected chi connectivity index (χ0v) is 18.4. The molecule has 2 atom stereocenters. The molecular formula is C22H34N6O. The lowest BCUT2D eigenvalue weighted by atomic mass is 10.0. The first-order valence-electron chi connectivity index (χ1n) is 10.7. The van der Waals surface area contributed by atoms with E-state index in [1.54, 1.807) is 7.11 Å². The van der Waals surface area contributed by atoms with Gasteiger partial charge in [0, 0.05) is 30.6 Å². The fraction of sp³-hybridized carbons (Fsp3) is 0.636. The number of hydrogen-bond donors (Lipinski definition) is 1. The second kappa shape index (κ2) is 7.61. The highest BCUT2D eigenvalue weighted by atomic mass is 16.5. The summed E-state index contributed by atoms with van der Waals surface area (Å²) in [6.07, 6.45) is 5.61. The number of methoxy groups -OCH3 is 1. The van der Waals surface area contributed by atoms with E-state index >= 15 is 0 Å². The number of benzene rings is 1. The third kappa shape index (κ3) is 3.73. The SMILES string of the molecule is CO[C@H](C)Cn1ncc2c1ccc1nc(N)n([C@@H]3CCCCN(C(C)(C)C)C3)c12. The Kier molecular flexibility index (Phi) is 5.29. The highest BCUT2D eigenvalue weighted by Gasteiger charge is 2.29. The predicted octanol–water partition coefficient (Wildman–Crippen LogP) is 3.83. The van der Waals surface area contributed by atoms with Crippen LogP contribution >= 0.6 is 0 Å². The summed E-state index contributed by atoms with van der Waals surface area (Å²) in [6.45, 7) is 11.8. The standard InChI is InChI=1S/C22H34N6O/c1-15(29-5)13-27-19-10-9-18-20(17(19)12-24-27)28(21(23)25-18)16-8-6-7-11-26(14-16)22(2,3)4/h9-10,12,15-16H,6-8,11,13-14H2,1-5H3,(H2,23,25)/t15-,16-/m1/s1. The van der Waals surface area contributed by atoms with Crippen LogP contribution in [0.25, 0.3) is 21.9 Å². The number of fused-ring (bicyclic) bond motifs is 3. The van der Waals surface area contributed by atoms with E-state index in [4.69, 9.17) is 15.5 Å². The van der Waals surface area contributed by atoms with Gasteiger partial charge in [0.25, 0.3) is 0 Å². The van der Waals surface area contributed by atoms with Gasteiger partial charge in [-0.05, 0) is 59.2 Å². The summed E-state index contributed by atoms with van der Waals surface area (Å²) in [7, 11) is 1.73. The average Bonchev–Trinajstić information content (AvgIpc) is 3.10. The lowest BCUT2D eigenvalue weighted by Gasteiger charge is -2.37. The largest absolute Gasteiger partial charge is 0.380 e. The number of rotatable bonds is 4. The van der Waals surface area contributed by atoms with E-state index < -0.39 is 0 Å². The topological polar surface area (TPSA) is 74.1 Å². The molecule has 1 fully saturated rings. The quantitative estimate of drug-likeness (QED) is 0.723. The number of ether oxygens (including phenoxy) is 1. The van der Waals surface area contributed by atoms with Crippen molar-refractivity contribution in [1.29, 1.82) is 0 Å². The molecule has 0 unspecified atom stereocenters. The van der Waals surface area contributed by atoms with Crippen molar-refractivity contribution in [2.45, 2.75) is 71.2 Å². The summed E-state index contributed by atoms with van der Waals surface area (Å²) >= 11 is 0. The van der Waals surface area contributed by atoms with E-state index in [2.05, 4.69) is 54.4 Å². The molecule has 0 radical (unpaired) electrons. The second-order valence-electron chi connectivity index (χ2n) is 9.35. The summed E-state index contributed by atoms with van der Waals surface area (Å²) < 4.78 is 9.73. The monoisotopic (exact) mass is 398 g/mol. The Balaban J connectivity index is 1.81. The van der Waals surface area contributed by atoms with Crippen molar-refractivity contribution in [3.8, 4) is 0 Å². The molecule has 1 aromatic carbocycles. The van der Waals surface area contributed by atoms with Crippen molar-refractivity contribution in [2.24, 2.45) is 0 Å². The maximum absolute atomic E-state index is 6.48. The fourth-order valence-electron chi connectivity index (χ4n) is 4.54. The number of aromatic nitrogens is 4. The summed E-state index contributed by atoms with van der Waals surface area (Å²) in [5.74, 6) is 0.603. The van der Waals surface area contributed by atoms with Crippen LogP contribution in [0.1, 0.15) is 53.0 Å². The molecule has 7 nitrogen and oxygen atoms in total. The maximum Gasteiger partial charge on any atom is 0.201 e. The molecule has 0 spiro atoms. The molecule has 0 bridgehead atoms. The van der Waals surface area contributed by atoms with Crippen LogP contribution in [0.3, 0.4) is 0 Å². The molecule has 1 aliphatic heterocycles. The summed E-state index contributed by atoms with van der Waals surface area (Å²) in [6, 6.07) is 4.48. The summed E-state index contributed by atoms with van der Waals surface area (Å²) in [5, 5.41) is 5.76. The second-order valence-corrected chi connectivity index (χ2v) is 9.35. The van der Waals surface area contributed by atoms with Crippen molar-refractivity contribution >= 4 is 27.9 Å². The molecule has 0 saturated carbocycles. The third-order valence-corrected chi connectivity index (χ3v) is 6.29. The van der Waals surface area contributed by atoms with Gasteiger partial charge in [0.05, 0.1) is 35.4 Å². The van der Waals surface area contributed by atoms with E-state index in [1.807, 2.05) is 10.9 Å². The molecule has 1 aliphatic rings. The van der Waals surface area contributed by atoms with Gasteiger partial charge in [-0.25, -0.2) is 4.98 Å². The highest BCUT2D eigenvalue weighted by molar-refractivity contribution is 6.03. The first-order valence-corrected chi connectivity index (χ1v) is 10.7. The van der Waals surface area contributed by atoms with E-state index in [9.17, 15) is 0 Å². The minimum atomic E-state index is 0.103. The number of nitrogens with zero attached hydrogens (tertiary/aromatic N) is 5. The predicted molar refractivity (Wildman–Crippen MR) is 118 cm³/mol. The molecule has 1 saturated heterocycles. The average molecular weight is 399 g/mol. The first kappa shape index (κ1) is 20.2. The Labute approximate surface area is 172 Å². The van der Waals surface area contributed by atoms with E-state index in [1.165, 1.54) is 12.8 Å². The van der Waals surface area contributed by atoms with Gasteiger partial charge < -0.3 is 15.0 Å². The summed E-state index contributed by atoms with van der Waals surface area (Å²) in [5.41, 5.74) is 9.77. The Morgan fingerprint density at radius 1 is 1.28 bits per heavy atom. The van der Waals surface area contributed by atoms with Crippen LogP contribution in [0.2, 0.25) is 0 Å². The van der Waals surface area contributed by atoms with Gasteiger partial charge in [-0.15, -0.1) is 0 Å². The van der Waals surface area contributed by atoms with Crippen molar-refractivity contribution in [3.05, 3.63) is 18.3 Å². The van der Waals surface area contributed by atoms with E-state index in [0.29, 0.717) is 12.0 Å². The van der Waals surface area contributed by atoms with Crippen LogP contribution in [0, 0.1) is 0 Å². The van der Waals surface area contributed by atoms with Crippen molar-refractivity contribution < 1.29 is 4.74 Å². The van der Waals surface area contributed by atoms with Gasteiger partial charge in [-0.3, -0.25) is 9.58 Å². The molecule has 0 amide bonds. The molecule has 3 aromatic rings. The molecule has 29 heavy (non-hydrogen) atoms. The Morgan fingerprint density at radius 2 is 2.07 bits per heavy atom. The molecule has 7 heteroatoms. The van der Waals surface area contributed by atoms with Crippen molar-refractivity contribution in [3.63, 3.8) is 0 Å². The number of imidazole rings is 1. The lowest BCUT2D eigenvalue weighted by Crippen LogP contribution is -2.44. The fourth-order valence-corrected chi connectivity index (χ4v) is 4.54. The Bertz CT molecular complexity index is 998. The molecule has 4 rings (SSSR count). The number of anilines is 1. The van der Waals surface area contributed by atoms with Gasteiger partial charge in [-0.2, -0.15) is 5.10 Å². The Morgan fingerprint density at radius 3 is 2.79 bits per heavy atom. The Hall–Kier alpha value is -2.12. The minimum absolute atomic E-state index is 0.103. The van der Waals surface area contributed by atoms with Gasteiger partial charge >= 0.3 is 0 Å². The molecular weight excluding hydrogens is 364 g/mol. The van der Waals surface area contributed by atoms with E-state index in [0.717, 1.165) is 48.0 Å². The first-order chi connectivity index (χ1) is 13.8.